The summed E-state index contributed by atoms with van der Waals surface area (Å²) in [5, 5.41) is 10.4. The number of hydrogen-bond acceptors (Lipinski definition) is 3. The van der Waals surface area contributed by atoms with E-state index in [1.165, 1.54) is 0 Å². The van der Waals surface area contributed by atoms with E-state index in [1.807, 2.05) is 17.8 Å². The molecule has 1 unspecified atom stereocenters. The van der Waals surface area contributed by atoms with Crippen molar-refractivity contribution in [1.82, 2.24) is 14.5 Å². The molecule has 0 aliphatic heterocycles. The van der Waals surface area contributed by atoms with Crippen molar-refractivity contribution >= 4 is 0 Å². The van der Waals surface area contributed by atoms with Gasteiger partial charge in [0.2, 0.25) is 0 Å². The fourth-order valence-electron chi connectivity index (χ4n) is 2.51. The van der Waals surface area contributed by atoms with E-state index in [9.17, 15) is 5.11 Å². The van der Waals surface area contributed by atoms with Crippen LogP contribution in [-0.4, -0.2) is 44.3 Å². The summed E-state index contributed by atoms with van der Waals surface area (Å²) >= 11 is 0. The summed E-state index contributed by atoms with van der Waals surface area (Å²) in [6.45, 7) is 10.4. The number of aromatic nitrogens is 2. The molecule has 0 saturated heterocycles. The van der Waals surface area contributed by atoms with Crippen LogP contribution in [0.5, 0.6) is 0 Å². The molecule has 1 heterocycles. The molecular weight excluding hydrogens is 226 g/mol. The third-order valence-corrected chi connectivity index (χ3v) is 3.96. The Morgan fingerprint density at radius 3 is 2.44 bits per heavy atom. The standard InChI is InChI=1S/C14H27N3O/c1-6-17(7-2)14(3,4)12(18)8-9-13-15-10-11-16(13)5/h10-12,18H,6-9H2,1-5H3. The second kappa shape index (κ2) is 6.34. The zero-order chi connectivity index (χ0) is 13.8. The summed E-state index contributed by atoms with van der Waals surface area (Å²) in [5.74, 6) is 1.03. The van der Waals surface area contributed by atoms with Crippen LogP contribution < -0.4 is 0 Å². The highest BCUT2D eigenvalue weighted by molar-refractivity contribution is 4.95. The molecule has 1 rings (SSSR count). The van der Waals surface area contributed by atoms with Gasteiger partial charge < -0.3 is 9.67 Å². The van der Waals surface area contributed by atoms with Gasteiger partial charge >= 0.3 is 0 Å². The third kappa shape index (κ3) is 3.33. The number of aliphatic hydroxyl groups is 1. The SMILES string of the molecule is CCN(CC)C(C)(C)C(O)CCc1nccn1C. The van der Waals surface area contributed by atoms with Gasteiger partial charge in [0.25, 0.3) is 0 Å². The van der Waals surface area contributed by atoms with Crippen molar-refractivity contribution < 1.29 is 5.11 Å². The van der Waals surface area contributed by atoms with Crippen LogP contribution in [-0.2, 0) is 13.5 Å². The summed E-state index contributed by atoms with van der Waals surface area (Å²) in [6.07, 6.45) is 4.96. The minimum Gasteiger partial charge on any atom is -0.391 e. The van der Waals surface area contributed by atoms with E-state index in [1.54, 1.807) is 6.20 Å². The Labute approximate surface area is 111 Å². The van der Waals surface area contributed by atoms with E-state index in [2.05, 4.69) is 37.6 Å². The summed E-state index contributed by atoms with van der Waals surface area (Å²) in [5.41, 5.74) is -0.186. The van der Waals surface area contributed by atoms with Gasteiger partial charge in [0.1, 0.15) is 5.82 Å². The average Bonchev–Trinajstić information content (AvgIpc) is 2.73. The lowest BCUT2D eigenvalue weighted by Crippen LogP contribution is -2.52. The smallest absolute Gasteiger partial charge is 0.108 e. The zero-order valence-corrected chi connectivity index (χ0v) is 12.3. The lowest BCUT2D eigenvalue weighted by atomic mass is 9.91. The largest absolute Gasteiger partial charge is 0.391 e. The number of imidazole rings is 1. The molecule has 4 nitrogen and oxygen atoms in total. The molecule has 1 N–H and O–H groups in total. The molecular formula is C14H27N3O. The van der Waals surface area contributed by atoms with Crippen molar-refractivity contribution in [2.24, 2.45) is 7.05 Å². The van der Waals surface area contributed by atoms with Crippen molar-refractivity contribution in [3.05, 3.63) is 18.2 Å². The van der Waals surface area contributed by atoms with Gasteiger partial charge in [-0.3, -0.25) is 4.90 Å². The fourth-order valence-corrected chi connectivity index (χ4v) is 2.51. The van der Waals surface area contributed by atoms with Gasteiger partial charge in [-0.25, -0.2) is 4.98 Å². The first kappa shape index (κ1) is 15.2. The number of hydrogen-bond donors (Lipinski definition) is 1. The fraction of sp³-hybridized carbons (Fsp3) is 0.786. The summed E-state index contributed by atoms with van der Waals surface area (Å²) in [4.78, 5) is 6.59. The Morgan fingerprint density at radius 1 is 1.39 bits per heavy atom. The van der Waals surface area contributed by atoms with Crippen LogP contribution >= 0.6 is 0 Å². The predicted molar refractivity (Wildman–Crippen MR) is 74.5 cm³/mol. The maximum atomic E-state index is 10.4. The van der Waals surface area contributed by atoms with Gasteiger partial charge in [0, 0.05) is 31.4 Å². The molecule has 0 amide bonds. The number of aryl methyl sites for hydroxylation is 2. The highest BCUT2D eigenvalue weighted by Gasteiger charge is 2.32. The Kier molecular flexibility index (Phi) is 5.35. The van der Waals surface area contributed by atoms with Crippen LogP contribution in [0.1, 0.15) is 39.9 Å². The van der Waals surface area contributed by atoms with E-state index >= 15 is 0 Å². The van der Waals surface area contributed by atoms with Gasteiger partial charge in [0.05, 0.1) is 6.10 Å². The van der Waals surface area contributed by atoms with Gasteiger partial charge in [-0.1, -0.05) is 13.8 Å². The first-order valence-corrected chi connectivity index (χ1v) is 6.82. The molecule has 0 saturated carbocycles. The van der Waals surface area contributed by atoms with Crippen molar-refractivity contribution in [3.63, 3.8) is 0 Å². The van der Waals surface area contributed by atoms with E-state index in [4.69, 9.17) is 0 Å². The molecule has 1 aromatic rings. The predicted octanol–water partition coefficient (Wildman–Crippen LogP) is 1.83. The maximum Gasteiger partial charge on any atom is 0.108 e. The molecule has 0 radical (unpaired) electrons. The van der Waals surface area contributed by atoms with Crippen LogP contribution in [0.3, 0.4) is 0 Å². The topological polar surface area (TPSA) is 41.3 Å². The van der Waals surface area contributed by atoms with Gasteiger partial charge in [0.15, 0.2) is 0 Å². The molecule has 0 spiro atoms. The average molecular weight is 253 g/mol. The van der Waals surface area contributed by atoms with Crippen molar-refractivity contribution in [2.75, 3.05) is 13.1 Å². The Balaban J connectivity index is 2.59. The van der Waals surface area contributed by atoms with E-state index in [0.717, 1.165) is 31.8 Å². The van der Waals surface area contributed by atoms with Crippen molar-refractivity contribution in [1.29, 1.82) is 0 Å². The van der Waals surface area contributed by atoms with Crippen molar-refractivity contribution in [3.8, 4) is 0 Å². The third-order valence-electron chi connectivity index (χ3n) is 3.96. The van der Waals surface area contributed by atoms with E-state index < -0.39 is 0 Å². The van der Waals surface area contributed by atoms with Gasteiger partial charge in [-0.05, 0) is 33.4 Å². The second-order valence-corrected chi connectivity index (χ2v) is 5.33. The molecule has 104 valence electrons. The number of aliphatic hydroxyl groups excluding tert-OH is 1. The second-order valence-electron chi connectivity index (χ2n) is 5.33. The Morgan fingerprint density at radius 2 is 2.00 bits per heavy atom. The number of nitrogens with zero attached hydrogens (tertiary/aromatic N) is 3. The Hall–Kier alpha value is -0.870. The molecule has 0 aromatic carbocycles. The highest BCUT2D eigenvalue weighted by Crippen LogP contribution is 2.22. The lowest BCUT2D eigenvalue weighted by molar-refractivity contribution is -0.00919. The molecule has 1 atom stereocenters. The minimum absolute atomic E-state index is 0.186. The molecule has 0 aliphatic rings. The summed E-state index contributed by atoms with van der Waals surface area (Å²) in [6, 6.07) is 0. The monoisotopic (exact) mass is 253 g/mol. The van der Waals surface area contributed by atoms with Crippen molar-refractivity contribution in [2.45, 2.75) is 52.2 Å². The van der Waals surface area contributed by atoms with Crippen LogP contribution in [0.2, 0.25) is 0 Å². The Bertz CT molecular complexity index is 356. The van der Waals surface area contributed by atoms with Gasteiger partial charge in [-0.15, -0.1) is 0 Å². The number of rotatable bonds is 7. The molecule has 0 aliphatic carbocycles. The zero-order valence-electron chi connectivity index (χ0n) is 12.3. The minimum atomic E-state index is -0.339. The molecule has 4 heteroatoms. The quantitative estimate of drug-likeness (QED) is 0.806. The van der Waals surface area contributed by atoms with Crippen LogP contribution in [0, 0.1) is 0 Å². The van der Waals surface area contributed by atoms with Crippen LogP contribution in [0.25, 0.3) is 0 Å². The van der Waals surface area contributed by atoms with E-state index in [0.29, 0.717) is 0 Å². The van der Waals surface area contributed by atoms with E-state index in [-0.39, 0.29) is 11.6 Å². The van der Waals surface area contributed by atoms with Crippen LogP contribution in [0.4, 0.5) is 0 Å². The highest BCUT2D eigenvalue weighted by atomic mass is 16.3. The first-order chi connectivity index (χ1) is 8.43. The normalized spacial score (nSPS) is 14.2. The lowest BCUT2D eigenvalue weighted by Gasteiger charge is -2.41. The molecule has 18 heavy (non-hydrogen) atoms. The summed E-state index contributed by atoms with van der Waals surface area (Å²) in [7, 11) is 1.99. The maximum absolute atomic E-state index is 10.4. The molecule has 0 bridgehead atoms. The first-order valence-electron chi connectivity index (χ1n) is 6.82. The summed E-state index contributed by atoms with van der Waals surface area (Å²) < 4.78 is 2.01. The molecule has 1 aromatic heterocycles. The number of likely N-dealkylation sites (N-methyl/N-ethyl adjacent to an activating group) is 1. The van der Waals surface area contributed by atoms with Gasteiger partial charge in [-0.2, -0.15) is 0 Å². The van der Waals surface area contributed by atoms with Crippen LogP contribution in [0.15, 0.2) is 12.4 Å². The molecule has 0 fully saturated rings.